The van der Waals surface area contributed by atoms with Gasteiger partial charge in [0.15, 0.2) is 0 Å². The average molecular weight is 394 g/mol. The van der Waals surface area contributed by atoms with Crippen molar-refractivity contribution in [2.75, 3.05) is 13.7 Å². The number of aromatic nitrogens is 2. The second-order valence-electron chi connectivity index (χ2n) is 8.00. The number of hydrogen-bond acceptors (Lipinski definition) is 6. The molecule has 1 aromatic heterocycles. The zero-order valence-corrected chi connectivity index (χ0v) is 17.3. The molecule has 0 aliphatic carbocycles. The monoisotopic (exact) mass is 393 g/mol. The maximum atomic E-state index is 13.2. The first-order chi connectivity index (χ1) is 12.6. The van der Waals surface area contributed by atoms with Crippen molar-refractivity contribution >= 4 is 10.0 Å². The molecule has 0 N–H and O–H groups in total. The average Bonchev–Trinajstić information content (AvgIpc) is 3.11. The predicted octanol–water partition coefficient (Wildman–Crippen LogP) is 3.61. The Morgan fingerprint density at radius 3 is 2.59 bits per heavy atom. The van der Waals surface area contributed by atoms with Crippen LogP contribution in [-0.4, -0.2) is 42.6 Å². The molecular formula is C19H27N3O4S. The maximum Gasteiger partial charge on any atom is 0.243 e. The van der Waals surface area contributed by atoms with Gasteiger partial charge in [-0.3, -0.25) is 0 Å². The van der Waals surface area contributed by atoms with E-state index in [-0.39, 0.29) is 16.4 Å². The Hall–Kier alpha value is -1.93. The highest BCUT2D eigenvalue weighted by Gasteiger charge is 2.32. The summed E-state index contributed by atoms with van der Waals surface area (Å²) < 4.78 is 38.7. The largest absolute Gasteiger partial charge is 0.496 e. The summed E-state index contributed by atoms with van der Waals surface area (Å²) in [6, 6.07) is 4.78. The summed E-state index contributed by atoms with van der Waals surface area (Å²) in [5.74, 6) is 1.31. The van der Waals surface area contributed by atoms with Gasteiger partial charge in [-0.1, -0.05) is 32.3 Å². The van der Waals surface area contributed by atoms with Crippen LogP contribution in [0.25, 0.3) is 11.4 Å². The van der Waals surface area contributed by atoms with Crippen LogP contribution in [0.15, 0.2) is 27.6 Å². The number of nitrogens with zero attached hydrogens (tertiary/aromatic N) is 3. The van der Waals surface area contributed by atoms with E-state index in [0.29, 0.717) is 29.6 Å². The van der Waals surface area contributed by atoms with E-state index in [0.717, 1.165) is 19.3 Å². The molecule has 1 unspecified atom stereocenters. The SMILES string of the molecule is COc1ccc(S(=O)(=O)N2CCCCC2C)cc1-c1noc(C(C)(C)C)n1. The van der Waals surface area contributed by atoms with Crippen molar-refractivity contribution < 1.29 is 17.7 Å². The number of methoxy groups -OCH3 is 1. The van der Waals surface area contributed by atoms with Crippen molar-refractivity contribution in [3.63, 3.8) is 0 Å². The molecule has 148 valence electrons. The van der Waals surface area contributed by atoms with E-state index >= 15 is 0 Å². The molecule has 0 spiro atoms. The van der Waals surface area contributed by atoms with E-state index in [1.807, 2.05) is 27.7 Å². The Morgan fingerprint density at radius 1 is 1.26 bits per heavy atom. The molecule has 0 amide bonds. The van der Waals surface area contributed by atoms with Crippen LogP contribution in [0, 0.1) is 0 Å². The Balaban J connectivity index is 2.05. The van der Waals surface area contributed by atoms with Gasteiger partial charge in [-0.25, -0.2) is 8.42 Å². The number of hydrogen-bond donors (Lipinski definition) is 0. The van der Waals surface area contributed by atoms with Crippen molar-refractivity contribution in [2.45, 2.75) is 63.3 Å². The molecule has 1 atom stereocenters. The van der Waals surface area contributed by atoms with Crippen LogP contribution in [0.5, 0.6) is 5.75 Å². The Kier molecular flexibility index (Phi) is 5.31. The quantitative estimate of drug-likeness (QED) is 0.789. The summed E-state index contributed by atoms with van der Waals surface area (Å²) in [6.45, 7) is 8.41. The second-order valence-corrected chi connectivity index (χ2v) is 9.89. The fraction of sp³-hybridized carbons (Fsp3) is 0.579. The molecule has 1 fully saturated rings. The lowest BCUT2D eigenvalue weighted by Gasteiger charge is -2.32. The van der Waals surface area contributed by atoms with E-state index in [1.54, 1.807) is 22.5 Å². The summed E-state index contributed by atoms with van der Waals surface area (Å²) >= 11 is 0. The number of benzene rings is 1. The first-order valence-electron chi connectivity index (χ1n) is 9.19. The third kappa shape index (κ3) is 3.87. The number of piperidine rings is 1. The molecule has 1 aromatic carbocycles. The standard InChI is InChI=1S/C19H27N3O4S/c1-13-8-6-7-11-22(13)27(23,24)14-9-10-16(25-5)15(12-14)17-20-18(26-21-17)19(2,3)4/h9-10,12-13H,6-8,11H2,1-5H3. The molecule has 1 aliphatic heterocycles. The molecule has 0 saturated carbocycles. The minimum Gasteiger partial charge on any atom is -0.496 e. The first kappa shape index (κ1) is 19.8. The minimum atomic E-state index is -3.60. The van der Waals surface area contributed by atoms with Crippen LogP contribution in [0.1, 0.15) is 52.8 Å². The lowest BCUT2D eigenvalue weighted by atomic mass is 9.97. The van der Waals surface area contributed by atoms with Gasteiger partial charge < -0.3 is 9.26 Å². The van der Waals surface area contributed by atoms with E-state index < -0.39 is 10.0 Å². The van der Waals surface area contributed by atoms with Crippen LogP contribution in [-0.2, 0) is 15.4 Å². The summed E-state index contributed by atoms with van der Waals surface area (Å²) in [4.78, 5) is 4.66. The van der Waals surface area contributed by atoms with E-state index in [4.69, 9.17) is 9.26 Å². The summed E-state index contributed by atoms with van der Waals surface area (Å²) in [5.41, 5.74) is 0.202. The van der Waals surface area contributed by atoms with Crippen molar-refractivity contribution in [2.24, 2.45) is 0 Å². The van der Waals surface area contributed by atoms with E-state index in [9.17, 15) is 8.42 Å². The summed E-state index contributed by atoms with van der Waals surface area (Å²) in [5, 5.41) is 4.04. The third-order valence-corrected chi connectivity index (χ3v) is 6.84. The molecule has 3 rings (SSSR count). The molecule has 8 heteroatoms. The van der Waals surface area contributed by atoms with Crippen molar-refractivity contribution in [1.82, 2.24) is 14.4 Å². The Labute approximate surface area is 160 Å². The van der Waals surface area contributed by atoms with Crippen LogP contribution in [0.2, 0.25) is 0 Å². The fourth-order valence-electron chi connectivity index (χ4n) is 3.22. The molecule has 1 aliphatic rings. The summed E-state index contributed by atoms with van der Waals surface area (Å²) in [7, 11) is -2.06. The molecule has 2 heterocycles. The smallest absolute Gasteiger partial charge is 0.243 e. The summed E-state index contributed by atoms with van der Waals surface area (Å²) in [6.07, 6.45) is 2.81. The lowest BCUT2D eigenvalue weighted by Crippen LogP contribution is -2.41. The van der Waals surface area contributed by atoms with Gasteiger partial charge in [0, 0.05) is 18.0 Å². The topological polar surface area (TPSA) is 85.5 Å². The Bertz CT molecular complexity index is 915. The molecular weight excluding hydrogens is 366 g/mol. The van der Waals surface area contributed by atoms with E-state index in [1.165, 1.54) is 7.11 Å². The lowest BCUT2D eigenvalue weighted by molar-refractivity contribution is 0.268. The van der Waals surface area contributed by atoms with Crippen LogP contribution >= 0.6 is 0 Å². The van der Waals surface area contributed by atoms with Gasteiger partial charge in [-0.05, 0) is 38.0 Å². The highest BCUT2D eigenvalue weighted by atomic mass is 32.2. The minimum absolute atomic E-state index is 0.00744. The number of rotatable bonds is 4. The van der Waals surface area contributed by atoms with Gasteiger partial charge in [0.2, 0.25) is 21.7 Å². The van der Waals surface area contributed by atoms with Gasteiger partial charge in [0.1, 0.15) is 5.75 Å². The van der Waals surface area contributed by atoms with Crippen molar-refractivity contribution in [3.8, 4) is 17.1 Å². The maximum absolute atomic E-state index is 13.2. The number of ether oxygens (including phenoxy) is 1. The number of sulfonamides is 1. The second kappa shape index (κ2) is 7.24. The highest BCUT2D eigenvalue weighted by Crippen LogP contribution is 2.34. The highest BCUT2D eigenvalue weighted by molar-refractivity contribution is 7.89. The van der Waals surface area contributed by atoms with Crippen LogP contribution in [0.3, 0.4) is 0 Å². The van der Waals surface area contributed by atoms with Crippen molar-refractivity contribution in [1.29, 1.82) is 0 Å². The molecule has 2 aromatic rings. The fourth-order valence-corrected chi connectivity index (χ4v) is 4.95. The predicted molar refractivity (Wildman–Crippen MR) is 102 cm³/mol. The van der Waals surface area contributed by atoms with Crippen molar-refractivity contribution in [3.05, 3.63) is 24.1 Å². The van der Waals surface area contributed by atoms with Gasteiger partial charge in [0.05, 0.1) is 17.6 Å². The zero-order chi connectivity index (χ0) is 19.8. The molecule has 7 nitrogen and oxygen atoms in total. The zero-order valence-electron chi connectivity index (χ0n) is 16.5. The molecule has 0 bridgehead atoms. The van der Waals surface area contributed by atoms with Gasteiger partial charge in [-0.15, -0.1) is 0 Å². The molecule has 0 radical (unpaired) electrons. The van der Waals surface area contributed by atoms with Gasteiger partial charge >= 0.3 is 0 Å². The van der Waals surface area contributed by atoms with Crippen LogP contribution in [0.4, 0.5) is 0 Å². The Morgan fingerprint density at radius 2 is 2.00 bits per heavy atom. The third-order valence-electron chi connectivity index (χ3n) is 4.83. The van der Waals surface area contributed by atoms with E-state index in [2.05, 4.69) is 10.1 Å². The normalized spacial score (nSPS) is 19.2. The first-order valence-corrected chi connectivity index (χ1v) is 10.6. The van der Waals surface area contributed by atoms with Gasteiger partial charge in [-0.2, -0.15) is 9.29 Å². The van der Waals surface area contributed by atoms with Crippen LogP contribution < -0.4 is 4.74 Å². The molecule has 27 heavy (non-hydrogen) atoms. The van der Waals surface area contributed by atoms with Gasteiger partial charge in [0.25, 0.3) is 0 Å². The molecule has 1 saturated heterocycles.